The van der Waals surface area contributed by atoms with Gasteiger partial charge in [0, 0.05) is 82.1 Å². The van der Waals surface area contributed by atoms with Gasteiger partial charge in [-0.05, 0) is 36.5 Å². The zero-order chi connectivity index (χ0) is 36.7. The second-order valence-corrected chi connectivity index (χ2v) is 7.29. The van der Waals surface area contributed by atoms with Crippen LogP contribution in [0.3, 0.4) is 0 Å². The lowest BCUT2D eigenvalue weighted by Gasteiger charge is -2.21. The first-order valence-electron chi connectivity index (χ1n) is 18.0. The van der Waals surface area contributed by atoms with Crippen LogP contribution >= 0.6 is 0 Å². The fraction of sp³-hybridized carbons (Fsp3) is 0.286. The van der Waals surface area contributed by atoms with Gasteiger partial charge in [0.25, 0.3) is 0 Å². The first-order chi connectivity index (χ1) is 22.2. The molecule has 3 aliphatic heterocycles. The number of anilines is 1. The summed E-state index contributed by atoms with van der Waals surface area (Å²) in [5, 5.41) is 12.0. The third-order valence-corrected chi connectivity index (χ3v) is 5.42. The molecule has 0 unspecified atom stereocenters. The van der Waals surface area contributed by atoms with E-state index in [1.807, 2.05) is 0 Å². The van der Waals surface area contributed by atoms with E-state index in [1.54, 1.807) is 0 Å². The molecule has 33 heavy (non-hydrogen) atoms. The molecular weight excluding hydrogens is 412 g/mol. The van der Waals surface area contributed by atoms with E-state index >= 15 is 0 Å². The van der Waals surface area contributed by atoms with Crippen molar-refractivity contribution in [2.45, 2.75) is 25.5 Å². The highest BCUT2D eigenvalue weighted by atomic mass is 16.4. The number of benzene rings is 3. The van der Waals surface area contributed by atoms with E-state index in [0.29, 0.717) is 9.48 Å². The molecule has 0 saturated carbocycles. The van der Waals surface area contributed by atoms with Crippen molar-refractivity contribution < 1.29 is 36.3 Å². The van der Waals surface area contributed by atoms with Crippen molar-refractivity contribution in [3.05, 3.63) is 71.6 Å². The molecular formula is C28H26N2O3. The first-order valence-corrected chi connectivity index (χ1v) is 9.96. The molecule has 0 aromatic heterocycles. The lowest BCUT2D eigenvalue weighted by atomic mass is 9.90. The van der Waals surface area contributed by atoms with Crippen LogP contribution in [0.1, 0.15) is 57.8 Å². The van der Waals surface area contributed by atoms with Gasteiger partial charge in [-0.2, -0.15) is 0 Å². The van der Waals surface area contributed by atoms with E-state index in [-0.39, 0.29) is 50.0 Å². The highest BCUT2D eigenvalue weighted by molar-refractivity contribution is 6.07. The summed E-state index contributed by atoms with van der Waals surface area (Å²) in [6.45, 7) is -13.0. The topological polar surface area (TPSA) is 59.5 Å². The maximum absolute atomic E-state index is 12.2. The zero-order valence-corrected chi connectivity index (χ0v) is 16.9. The van der Waals surface area contributed by atoms with Gasteiger partial charge < -0.3 is 19.2 Å². The van der Waals surface area contributed by atoms with Crippen LogP contribution in [-0.2, 0) is 0 Å². The van der Waals surface area contributed by atoms with Crippen LogP contribution in [0, 0.1) is 0 Å². The fourth-order valence-corrected chi connectivity index (χ4v) is 3.96. The Morgan fingerprint density at radius 3 is 2.52 bits per heavy atom. The lowest BCUT2D eigenvalue weighted by molar-refractivity contribution is -0.254. The van der Waals surface area contributed by atoms with Crippen LogP contribution in [0.2, 0.25) is 0 Å². The molecule has 3 heterocycles. The molecule has 166 valence electrons. The predicted molar refractivity (Wildman–Crippen MR) is 128 cm³/mol. The van der Waals surface area contributed by atoms with Crippen LogP contribution in [0.5, 0.6) is 0 Å². The van der Waals surface area contributed by atoms with Crippen molar-refractivity contribution in [3.63, 3.8) is 0 Å². The van der Waals surface area contributed by atoms with Gasteiger partial charge in [0.05, 0.1) is 12.0 Å². The van der Waals surface area contributed by atoms with Crippen molar-refractivity contribution in [2.75, 3.05) is 30.9 Å². The quantitative estimate of drug-likeness (QED) is 0.350. The molecule has 4 aliphatic rings. The van der Waals surface area contributed by atoms with Crippen LogP contribution < -0.4 is 19.9 Å². The van der Waals surface area contributed by atoms with E-state index in [1.165, 1.54) is 48.5 Å². The molecule has 5 heteroatoms. The number of hydrogen-bond acceptors (Lipinski definition) is 4. The Bertz CT molecular complexity index is 2050. The number of nitrogens with zero attached hydrogens (tertiary/aromatic N) is 2. The summed E-state index contributed by atoms with van der Waals surface area (Å²) < 4.78 is 139. The molecule has 0 radical (unpaired) electrons. The number of carbonyl (C=O) groups is 1. The zero-order valence-electron chi connectivity index (χ0n) is 32.9. The van der Waals surface area contributed by atoms with Gasteiger partial charge in [-0.25, -0.2) is 4.58 Å². The van der Waals surface area contributed by atoms with Crippen LogP contribution in [0.4, 0.5) is 5.69 Å². The summed E-state index contributed by atoms with van der Waals surface area (Å²) in [6, 6.07) is 12.9. The highest BCUT2D eigenvalue weighted by Gasteiger charge is 2.22. The Balaban J connectivity index is 1.74. The molecule has 1 aliphatic carbocycles. The number of carboxylic acid groups (broad SMARTS) is 1. The molecule has 0 spiro atoms. The number of hydrogen-bond donors (Lipinski definition) is 0. The van der Waals surface area contributed by atoms with Crippen molar-refractivity contribution in [2.24, 2.45) is 0 Å². The molecule has 0 bridgehead atoms. The van der Waals surface area contributed by atoms with E-state index in [9.17, 15) is 9.90 Å². The second-order valence-electron chi connectivity index (χ2n) is 7.29. The molecule has 5 nitrogen and oxygen atoms in total. The predicted octanol–water partition coefficient (Wildman–Crippen LogP) is 3.73. The lowest BCUT2D eigenvalue weighted by Crippen LogP contribution is -2.26. The Morgan fingerprint density at radius 1 is 0.939 bits per heavy atom. The minimum absolute atomic E-state index is 0.0906. The largest absolute Gasteiger partial charge is 0.545 e. The van der Waals surface area contributed by atoms with Gasteiger partial charge >= 0.3 is 0 Å². The SMILES string of the molecule is [2H]C1([2H])N(c2ccc3c(-c4ccccc4C(=O)[O-])c4ccc(=[N+]5C([2H])([2H])C([2H])([2H])C([2H])([2H])C5([2H])[2H])cc-4oc3c2)C([2H])([2H])C([2H])([2H])C1([2H])[2H]. The average Bonchev–Trinajstić information content (AvgIpc) is 3.10. The van der Waals surface area contributed by atoms with Crippen LogP contribution in [-0.4, -0.2) is 32.0 Å². The molecule has 2 fully saturated rings. The minimum Gasteiger partial charge on any atom is -0.545 e. The third kappa shape index (κ3) is 3.48. The minimum atomic E-state index is -3.35. The van der Waals surface area contributed by atoms with Gasteiger partial charge in [0.1, 0.15) is 29.8 Å². The van der Waals surface area contributed by atoms with Gasteiger partial charge in [-0.15, -0.1) is 0 Å². The van der Waals surface area contributed by atoms with E-state index in [0.717, 1.165) is 12.1 Å². The maximum atomic E-state index is 12.2. The van der Waals surface area contributed by atoms with E-state index < -0.39 is 57.4 Å². The summed E-state index contributed by atoms with van der Waals surface area (Å²) in [7, 11) is 0. The van der Waals surface area contributed by atoms with Crippen molar-refractivity contribution in [1.82, 2.24) is 4.58 Å². The van der Waals surface area contributed by atoms with Gasteiger partial charge in [0.15, 0.2) is 0 Å². The fourth-order valence-electron chi connectivity index (χ4n) is 3.96. The highest BCUT2D eigenvalue weighted by Crippen LogP contribution is 2.42. The van der Waals surface area contributed by atoms with Gasteiger partial charge in [-0.3, -0.25) is 0 Å². The summed E-state index contributed by atoms with van der Waals surface area (Å²) in [4.78, 5) is 12.5. The maximum Gasteiger partial charge on any atom is 0.203 e. The number of carbonyl (C=O) groups excluding carboxylic acids is 1. The molecule has 2 aromatic rings. The van der Waals surface area contributed by atoms with Crippen molar-refractivity contribution in [3.8, 4) is 22.5 Å². The smallest absolute Gasteiger partial charge is 0.203 e. The summed E-state index contributed by atoms with van der Waals surface area (Å²) >= 11 is 0. The Hall–Kier alpha value is -3.60. The van der Waals surface area contributed by atoms with E-state index in [4.69, 9.17) is 26.3 Å². The van der Waals surface area contributed by atoms with E-state index in [2.05, 4.69) is 0 Å². The summed E-state index contributed by atoms with van der Waals surface area (Å²) in [5.74, 6) is -1.75. The average molecular weight is 455 g/mol. The standard InChI is InChI=1S/C28H26N2O3/c31-28(32)22-8-2-1-7-21(22)27-23-11-9-19(29-13-3-4-14-29)17-25(23)33-26-18-20(10-12-24(26)27)30-15-5-6-16-30/h1-2,7-12,17-18H,3-6,13-16H2/i3D2,4D2,5D2,6D2,13D2,14D2,15D2,16D2. The van der Waals surface area contributed by atoms with Gasteiger partial charge in [0.2, 0.25) is 5.36 Å². The monoisotopic (exact) mass is 454 g/mol. The Kier molecular flexibility index (Phi) is 2.28. The Morgan fingerprint density at radius 2 is 1.73 bits per heavy atom. The number of rotatable bonds is 3. The number of carboxylic acids is 1. The van der Waals surface area contributed by atoms with Crippen LogP contribution in [0.25, 0.3) is 33.4 Å². The summed E-state index contributed by atoms with van der Waals surface area (Å²) in [5.41, 5.74) is -0.392. The molecule has 0 N–H and O–H groups in total. The normalized spacial score (nSPS) is 35.6. The van der Waals surface area contributed by atoms with Crippen molar-refractivity contribution in [1.29, 1.82) is 0 Å². The molecule has 0 atom stereocenters. The Labute approximate surface area is 215 Å². The third-order valence-electron chi connectivity index (χ3n) is 5.42. The molecule has 0 amide bonds. The number of fused-ring (bicyclic) bond motifs is 2. The first kappa shape index (κ1) is 9.34. The van der Waals surface area contributed by atoms with Crippen LogP contribution in [0.15, 0.2) is 65.1 Å². The van der Waals surface area contributed by atoms with Gasteiger partial charge in [-0.1, -0.05) is 24.3 Å². The molecule has 6 rings (SSSR count). The number of aromatic carboxylic acids is 1. The van der Waals surface area contributed by atoms with Crippen molar-refractivity contribution >= 4 is 22.6 Å². The molecule has 2 aromatic carbocycles. The molecule has 2 saturated heterocycles. The summed E-state index contributed by atoms with van der Waals surface area (Å²) in [6.07, 6.45) is -13.4. The second kappa shape index (κ2) is 8.07.